The zero-order valence-corrected chi connectivity index (χ0v) is 10.4. The van der Waals surface area contributed by atoms with Crippen LogP contribution in [0.1, 0.15) is 20.3 Å². The van der Waals surface area contributed by atoms with Crippen LogP contribution < -0.4 is 10.1 Å². The predicted molar refractivity (Wildman–Crippen MR) is 66.5 cm³/mol. The number of rotatable bonds is 3. The van der Waals surface area contributed by atoms with E-state index in [1.165, 1.54) is 7.11 Å². The molecule has 1 aliphatic carbocycles. The SMILES string of the molecule is COc1ccc(NC2CC(O)C2(C)C)cc1O. The minimum absolute atomic E-state index is 0.121. The summed E-state index contributed by atoms with van der Waals surface area (Å²) in [7, 11) is 1.52. The summed E-state index contributed by atoms with van der Waals surface area (Å²) in [5.41, 5.74) is 0.712. The number of hydrogen-bond acceptors (Lipinski definition) is 4. The number of hydrogen-bond donors (Lipinski definition) is 3. The summed E-state index contributed by atoms with van der Waals surface area (Å²) in [6, 6.07) is 5.45. The zero-order valence-electron chi connectivity index (χ0n) is 10.4. The molecule has 0 aliphatic heterocycles. The Balaban J connectivity index is 2.08. The maximum absolute atomic E-state index is 9.66. The van der Waals surface area contributed by atoms with Crippen molar-refractivity contribution in [2.45, 2.75) is 32.4 Å². The molecule has 2 atom stereocenters. The third-order valence-corrected chi connectivity index (χ3v) is 3.74. The molecule has 4 nitrogen and oxygen atoms in total. The number of ether oxygens (including phenoxy) is 1. The molecule has 17 heavy (non-hydrogen) atoms. The first-order valence-electron chi connectivity index (χ1n) is 5.76. The van der Waals surface area contributed by atoms with Crippen molar-refractivity contribution in [1.82, 2.24) is 0 Å². The molecule has 4 heteroatoms. The van der Waals surface area contributed by atoms with Crippen molar-refractivity contribution >= 4 is 5.69 Å². The number of aromatic hydroxyl groups is 1. The second-order valence-electron chi connectivity index (χ2n) is 5.16. The van der Waals surface area contributed by atoms with Gasteiger partial charge in [0.05, 0.1) is 13.2 Å². The lowest BCUT2D eigenvalue weighted by Gasteiger charge is -2.49. The molecule has 1 aliphatic rings. The number of phenolic OH excluding ortho intramolecular Hbond substituents is 1. The number of nitrogens with one attached hydrogen (secondary N) is 1. The molecule has 1 aromatic rings. The van der Waals surface area contributed by atoms with Crippen molar-refractivity contribution in [2.24, 2.45) is 5.41 Å². The smallest absolute Gasteiger partial charge is 0.160 e. The molecule has 0 amide bonds. The first kappa shape index (κ1) is 12.0. The van der Waals surface area contributed by atoms with Crippen LogP contribution in [-0.4, -0.2) is 29.5 Å². The van der Waals surface area contributed by atoms with Crippen LogP contribution in [0.5, 0.6) is 11.5 Å². The zero-order chi connectivity index (χ0) is 12.6. The fourth-order valence-corrected chi connectivity index (χ4v) is 2.13. The lowest BCUT2D eigenvalue weighted by atomic mass is 9.64. The van der Waals surface area contributed by atoms with Gasteiger partial charge in [-0.1, -0.05) is 13.8 Å². The van der Waals surface area contributed by atoms with Crippen LogP contribution in [0.3, 0.4) is 0 Å². The molecule has 0 bridgehead atoms. The Labute approximate surface area is 101 Å². The number of anilines is 1. The highest BCUT2D eigenvalue weighted by atomic mass is 16.5. The molecule has 0 aromatic heterocycles. The van der Waals surface area contributed by atoms with Gasteiger partial charge in [0.2, 0.25) is 0 Å². The first-order chi connectivity index (χ1) is 7.95. The summed E-state index contributed by atoms with van der Waals surface area (Å²) in [6.07, 6.45) is 0.478. The third kappa shape index (κ3) is 2.05. The minimum atomic E-state index is -0.258. The van der Waals surface area contributed by atoms with E-state index in [2.05, 4.69) is 5.32 Å². The van der Waals surface area contributed by atoms with Gasteiger partial charge in [0.15, 0.2) is 11.5 Å². The quantitative estimate of drug-likeness (QED) is 0.752. The Morgan fingerprint density at radius 3 is 2.59 bits per heavy atom. The highest BCUT2D eigenvalue weighted by Gasteiger charge is 2.47. The normalized spacial score (nSPS) is 26.1. The molecule has 0 saturated heterocycles. The van der Waals surface area contributed by atoms with E-state index in [0.29, 0.717) is 5.75 Å². The number of methoxy groups -OCH3 is 1. The van der Waals surface area contributed by atoms with Gasteiger partial charge in [0, 0.05) is 23.2 Å². The van der Waals surface area contributed by atoms with E-state index in [1.54, 1.807) is 12.1 Å². The van der Waals surface area contributed by atoms with Gasteiger partial charge in [0.25, 0.3) is 0 Å². The fourth-order valence-electron chi connectivity index (χ4n) is 2.13. The van der Waals surface area contributed by atoms with E-state index in [9.17, 15) is 10.2 Å². The maximum Gasteiger partial charge on any atom is 0.160 e. The number of aliphatic hydroxyl groups excluding tert-OH is 1. The van der Waals surface area contributed by atoms with Crippen LogP contribution in [0.15, 0.2) is 18.2 Å². The topological polar surface area (TPSA) is 61.7 Å². The maximum atomic E-state index is 9.66. The molecule has 2 unspecified atom stereocenters. The molecule has 1 fully saturated rings. The van der Waals surface area contributed by atoms with Gasteiger partial charge >= 0.3 is 0 Å². The summed E-state index contributed by atoms with van der Waals surface area (Å²) >= 11 is 0. The number of benzene rings is 1. The summed E-state index contributed by atoms with van der Waals surface area (Å²) in [5.74, 6) is 0.582. The fraction of sp³-hybridized carbons (Fsp3) is 0.538. The van der Waals surface area contributed by atoms with Crippen LogP contribution in [0.4, 0.5) is 5.69 Å². The van der Waals surface area contributed by atoms with E-state index in [4.69, 9.17) is 4.74 Å². The Bertz CT molecular complexity index is 417. The predicted octanol–water partition coefficient (Wildman–Crippen LogP) is 1.97. The number of phenols is 1. The summed E-state index contributed by atoms with van der Waals surface area (Å²) in [6.45, 7) is 4.06. The summed E-state index contributed by atoms with van der Waals surface area (Å²) in [4.78, 5) is 0. The van der Waals surface area contributed by atoms with Gasteiger partial charge in [-0.05, 0) is 18.6 Å². The van der Waals surface area contributed by atoms with Gasteiger partial charge < -0.3 is 20.3 Å². The van der Waals surface area contributed by atoms with Gasteiger partial charge in [-0.15, -0.1) is 0 Å². The van der Waals surface area contributed by atoms with E-state index in [0.717, 1.165) is 12.1 Å². The summed E-state index contributed by atoms with van der Waals surface area (Å²) in [5, 5.41) is 22.6. The average molecular weight is 237 g/mol. The van der Waals surface area contributed by atoms with Crippen molar-refractivity contribution in [2.75, 3.05) is 12.4 Å². The average Bonchev–Trinajstić information content (AvgIpc) is 2.29. The van der Waals surface area contributed by atoms with Crippen LogP contribution in [0.25, 0.3) is 0 Å². The highest BCUT2D eigenvalue weighted by molar-refractivity contribution is 5.55. The van der Waals surface area contributed by atoms with Gasteiger partial charge in [-0.3, -0.25) is 0 Å². The Morgan fingerprint density at radius 1 is 1.41 bits per heavy atom. The standard InChI is InChI=1S/C13H19NO3/c1-13(2)11(7-12(13)16)14-8-4-5-10(17-3)9(15)6-8/h4-6,11-12,14-16H,7H2,1-3H3. The van der Waals surface area contributed by atoms with Crippen molar-refractivity contribution in [3.8, 4) is 11.5 Å². The van der Waals surface area contributed by atoms with Crippen molar-refractivity contribution in [3.63, 3.8) is 0 Å². The molecule has 0 spiro atoms. The second kappa shape index (κ2) is 4.11. The second-order valence-corrected chi connectivity index (χ2v) is 5.16. The van der Waals surface area contributed by atoms with Gasteiger partial charge in [-0.25, -0.2) is 0 Å². The van der Waals surface area contributed by atoms with Crippen LogP contribution in [-0.2, 0) is 0 Å². The van der Waals surface area contributed by atoms with Crippen LogP contribution >= 0.6 is 0 Å². The van der Waals surface area contributed by atoms with Crippen LogP contribution in [0.2, 0.25) is 0 Å². The molecular formula is C13H19NO3. The largest absolute Gasteiger partial charge is 0.504 e. The summed E-state index contributed by atoms with van der Waals surface area (Å²) < 4.78 is 4.99. The van der Waals surface area contributed by atoms with Crippen molar-refractivity contribution in [3.05, 3.63) is 18.2 Å². The molecule has 2 rings (SSSR count). The molecule has 3 N–H and O–H groups in total. The molecule has 0 heterocycles. The molecule has 1 saturated carbocycles. The van der Waals surface area contributed by atoms with Crippen LogP contribution in [0, 0.1) is 5.41 Å². The van der Waals surface area contributed by atoms with Gasteiger partial charge in [0.1, 0.15) is 0 Å². The Hall–Kier alpha value is -1.42. The van der Waals surface area contributed by atoms with Crippen molar-refractivity contribution < 1.29 is 14.9 Å². The third-order valence-electron chi connectivity index (χ3n) is 3.74. The lowest BCUT2D eigenvalue weighted by molar-refractivity contribution is -0.0510. The van der Waals surface area contributed by atoms with E-state index in [1.807, 2.05) is 19.9 Å². The first-order valence-corrected chi connectivity index (χ1v) is 5.76. The van der Waals surface area contributed by atoms with Crippen molar-refractivity contribution in [1.29, 1.82) is 0 Å². The Kier molecular flexibility index (Phi) is 2.91. The lowest BCUT2D eigenvalue weighted by Crippen LogP contribution is -2.56. The highest BCUT2D eigenvalue weighted by Crippen LogP contribution is 2.42. The van der Waals surface area contributed by atoms with E-state index >= 15 is 0 Å². The van der Waals surface area contributed by atoms with E-state index in [-0.39, 0.29) is 23.3 Å². The Morgan fingerprint density at radius 2 is 2.12 bits per heavy atom. The number of aliphatic hydroxyl groups is 1. The molecular weight excluding hydrogens is 218 g/mol. The minimum Gasteiger partial charge on any atom is -0.504 e. The monoisotopic (exact) mass is 237 g/mol. The van der Waals surface area contributed by atoms with E-state index < -0.39 is 0 Å². The molecule has 94 valence electrons. The molecule has 0 radical (unpaired) electrons. The molecule has 1 aromatic carbocycles. The van der Waals surface area contributed by atoms with Gasteiger partial charge in [-0.2, -0.15) is 0 Å².